The first-order chi connectivity index (χ1) is 7.83. The molecule has 0 saturated carbocycles. The molecule has 0 aliphatic heterocycles. The Hall–Kier alpha value is -1.55. The van der Waals surface area contributed by atoms with E-state index in [0.717, 1.165) is 23.7 Å². The van der Waals surface area contributed by atoms with Crippen LogP contribution >= 0.6 is 11.6 Å². The van der Waals surface area contributed by atoms with Gasteiger partial charge < -0.3 is 9.30 Å². The largest absolute Gasteiger partial charge is 0.497 e. The van der Waals surface area contributed by atoms with Gasteiger partial charge in [0.05, 0.1) is 19.5 Å². The van der Waals surface area contributed by atoms with Gasteiger partial charge in [-0.1, -0.05) is 12.1 Å². The third kappa shape index (κ3) is 2.33. The molecular formula is C11H12ClN3O. The number of halogens is 1. The van der Waals surface area contributed by atoms with Gasteiger partial charge >= 0.3 is 0 Å². The number of hydrogen-bond acceptors (Lipinski definition) is 3. The molecule has 1 aromatic carbocycles. The first-order valence-corrected chi connectivity index (χ1v) is 5.42. The summed E-state index contributed by atoms with van der Waals surface area (Å²) >= 11 is 5.74. The van der Waals surface area contributed by atoms with Crippen molar-refractivity contribution in [3.05, 3.63) is 42.0 Å². The molecule has 0 N–H and O–H groups in total. The van der Waals surface area contributed by atoms with E-state index in [0.29, 0.717) is 5.88 Å². The standard InChI is InChI=1S/C11H12ClN3O/c1-16-10-4-2-9(3-5-10)7-15-8-13-14-11(15)6-12/h2-5,8H,6-7H2,1H3. The number of ether oxygens (including phenoxy) is 1. The van der Waals surface area contributed by atoms with Crippen molar-refractivity contribution in [3.8, 4) is 5.75 Å². The summed E-state index contributed by atoms with van der Waals surface area (Å²) in [5.74, 6) is 2.00. The Labute approximate surface area is 98.8 Å². The van der Waals surface area contributed by atoms with E-state index in [2.05, 4.69) is 10.2 Å². The number of aromatic nitrogens is 3. The summed E-state index contributed by atoms with van der Waals surface area (Å²) in [6.07, 6.45) is 1.68. The maximum absolute atomic E-state index is 5.74. The van der Waals surface area contributed by atoms with Crippen LogP contribution in [0.5, 0.6) is 5.75 Å². The lowest BCUT2D eigenvalue weighted by atomic mass is 10.2. The number of nitrogens with zero attached hydrogens (tertiary/aromatic N) is 3. The molecule has 0 saturated heterocycles. The van der Waals surface area contributed by atoms with Gasteiger partial charge in [0.2, 0.25) is 0 Å². The zero-order valence-electron chi connectivity index (χ0n) is 8.93. The maximum Gasteiger partial charge on any atom is 0.148 e. The zero-order valence-corrected chi connectivity index (χ0v) is 9.68. The molecule has 5 heteroatoms. The number of alkyl halides is 1. The molecule has 1 heterocycles. The molecule has 0 spiro atoms. The molecule has 4 nitrogen and oxygen atoms in total. The Bertz CT molecular complexity index is 453. The Morgan fingerprint density at radius 3 is 2.69 bits per heavy atom. The van der Waals surface area contributed by atoms with Gasteiger partial charge in [0.15, 0.2) is 0 Å². The third-order valence-corrected chi connectivity index (χ3v) is 2.57. The topological polar surface area (TPSA) is 39.9 Å². The second kappa shape index (κ2) is 4.99. The molecule has 0 unspecified atom stereocenters. The van der Waals surface area contributed by atoms with Gasteiger partial charge in [-0.15, -0.1) is 21.8 Å². The van der Waals surface area contributed by atoms with E-state index in [1.54, 1.807) is 13.4 Å². The van der Waals surface area contributed by atoms with Crippen LogP contribution in [0.1, 0.15) is 11.4 Å². The van der Waals surface area contributed by atoms with E-state index in [-0.39, 0.29) is 0 Å². The highest BCUT2D eigenvalue weighted by Crippen LogP contribution is 2.13. The number of methoxy groups -OCH3 is 1. The molecule has 0 atom stereocenters. The second-order valence-electron chi connectivity index (χ2n) is 3.36. The quantitative estimate of drug-likeness (QED) is 0.765. The predicted octanol–water partition coefficient (Wildman–Crippen LogP) is 2.07. The smallest absolute Gasteiger partial charge is 0.148 e. The SMILES string of the molecule is COc1ccc(Cn2cnnc2CCl)cc1. The zero-order chi connectivity index (χ0) is 11.4. The summed E-state index contributed by atoms with van der Waals surface area (Å²) in [6.45, 7) is 0.721. The minimum atomic E-state index is 0.371. The van der Waals surface area contributed by atoms with Crippen molar-refractivity contribution >= 4 is 11.6 Å². The van der Waals surface area contributed by atoms with Crippen LogP contribution in [0.4, 0.5) is 0 Å². The fourth-order valence-electron chi connectivity index (χ4n) is 1.44. The molecule has 0 aliphatic rings. The van der Waals surface area contributed by atoms with Crippen molar-refractivity contribution in [2.45, 2.75) is 12.4 Å². The minimum absolute atomic E-state index is 0.371. The van der Waals surface area contributed by atoms with Crippen LogP contribution in [0.15, 0.2) is 30.6 Å². The molecule has 84 valence electrons. The average Bonchev–Trinajstić information content (AvgIpc) is 2.77. The highest BCUT2D eigenvalue weighted by molar-refractivity contribution is 6.16. The summed E-state index contributed by atoms with van der Waals surface area (Å²) in [7, 11) is 1.65. The first-order valence-electron chi connectivity index (χ1n) is 4.89. The first kappa shape index (κ1) is 11.0. The van der Waals surface area contributed by atoms with Crippen molar-refractivity contribution in [2.24, 2.45) is 0 Å². The molecule has 0 amide bonds. The Morgan fingerprint density at radius 2 is 2.06 bits per heavy atom. The van der Waals surface area contributed by atoms with Crippen molar-refractivity contribution in [2.75, 3.05) is 7.11 Å². The monoisotopic (exact) mass is 237 g/mol. The van der Waals surface area contributed by atoms with Crippen molar-refractivity contribution in [3.63, 3.8) is 0 Å². The van der Waals surface area contributed by atoms with Crippen molar-refractivity contribution < 1.29 is 4.74 Å². The fraction of sp³-hybridized carbons (Fsp3) is 0.273. The lowest BCUT2D eigenvalue weighted by molar-refractivity contribution is 0.414. The molecule has 2 rings (SSSR count). The Balaban J connectivity index is 2.14. The molecule has 0 bridgehead atoms. The fourth-order valence-corrected chi connectivity index (χ4v) is 1.65. The van der Waals surface area contributed by atoms with E-state index in [1.807, 2.05) is 28.8 Å². The Kier molecular flexibility index (Phi) is 3.41. The van der Waals surface area contributed by atoms with Gasteiger partial charge in [-0.3, -0.25) is 0 Å². The summed E-state index contributed by atoms with van der Waals surface area (Å²) in [6, 6.07) is 7.88. The lowest BCUT2D eigenvalue weighted by Gasteiger charge is -2.05. The van der Waals surface area contributed by atoms with E-state index < -0.39 is 0 Å². The van der Waals surface area contributed by atoms with E-state index in [4.69, 9.17) is 16.3 Å². The molecule has 0 aliphatic carbocycles. The minimum Gasteiger partial charge on any atom is -0.497 e. The third-order valence-electron chi connectivity index (χ3n) is 2.33. The van der Waals surface area contributed by atoms with E-state index in [1.165, 1.54) is 0 Å². The predicted molar refractivity (Wildman–Crippen MR) is 61.7 cm³/mol. The number of hydrogen-bond donors (Lipinski definition) is 0. The van der Waals surface area contributed by atoms with Gasteiger partial charge in [0.25, 0.3) is 0 Å². The van der Waals surface area contributed by atoms with Crippen molar-refractivity contribution in [1.82, 2.24) is 14.8 Å². The number of rotatable bonds is 4. The van der Waals surface area contributed by atoms with Crippen LogP contribution in [-0.2, 0) is 12.4 Å². The van der Waals surface area contributed by atoms with Crippen LogP contribution in [0.25, 0.3) is 0 Å². The van der Waals surface area contributed by atoms with Crippen LogP contribution in [-0.4, -0.2) is 21.9 Å². The van der Waals surface area contributed by atoms with E-state index >= 15 is 0 Å². The highest BCUT2D eigenvalue weighted by Gasteiger charge is 2.03. The molecule has 2 aromatic rings. The van der Waals surface area contributed by atoms with E-state index in [9.17, 15) is 0 Å². The molecule has 16 heavy (non-hydrogen) atoms. The Morgan fingerprint density at radius 1 is 1.31 bits per heavy atom. The molecule has 0 fully saturated rings. The van der Waals surface area contributed by atoms with Gasteiger partial charge in [0.1, 0.15) is 17.9 Å². The van der Waals surface area contributed by atoms with Crippen LogP contribution in [0.3, 0.4) is 0 Å². The molecule has 0 radical (unpaired) electrons. The maximum atomic E-state index is 5.74. The van der Waals surface area contributed by atoms with Crippen LogP contribution in [0.2, 0.25) is 0 Å². The summed E-state index contributed by atoms with van der Waals surface area (Å²) in [4.78, 5) is 0. The highest BCUT2D eigenvalue weighted by atomic mass is 35.5. The van der Waals surface area contributed by atoms with Gasteiger partial charge in [-0.05, 0) is 17.7 Å². The number of benzene rings is 1. The summed E-state index contributed by atoms with van der Waals surface area (Å²) in [5.41, 5.74) is 1.16. The lowest BCUT2D eigenvalue weighted by Crippen LogP contribution is -2.02. The normalized spacial score (nSPS) is 10.4. The average molecular weight is 238 g/mol. The van der Waals surface area contributed by atoms with Crippen LogP contribution < -0.4 is 4.74 Å². The van der Waals surface area contributed by atoms with Gasteiger partial charge in [-0.2, -0.15) is 0 Å². The van der Waals surface area contributed by atoms with Gasteiger partial charge in [-0.25, -0.2) is 0 Å². The van der Waals surface area contributed by atoms with Crippen LogP contribution in [0, 0.1) is 0 Å². The molecule has 1 aromatic heterocycles. The molecular weight excluding hydrogens is 226 g/mol. The second-order valence-corrected chi connectivity index (χ2v) is 3.62. The van der Waals surface area contributed by atoms with Crippen molar-refractivity contribution in [1.29, 1.82) is 0 Å². The summed E-state index contributed by atoms with van der Waals surface area (Å²) < 4.78 is 7.02. The summed E-state index contributed by atoms with van der Waals surface area (Å²) in [5, 5.41) is 7.75. The van der Waals surface area contributed by atoms with Gasteiger partial charge in [0, 0.05) is 0 Å².